The highest BCUT2D eigenvalue weighted by atomic mass is 16.5. The Morgan fingerprint density at radius 1 is 1.36 bits per heavy atom. The third-order valence-electron chi connectivity index (χ3n) is 2.17. The molecule has 1 saturated carbocycles. The van der Waals surface area contributed by atoms with Crippen molar-refractivity contribution in [3.05, 3.63) is 0 Å². The highest BCUT2D eigenvalue weighted by Crippen LogP contribution is 2.28. The van der Waals surface area contributed by atoms with Gasteiger partial charge < -0.3 is 15.2 Å². The van der Waals surface area contributed by atoms with Crippen LogP contribution in [0.5, 0.6) is 0 Å². The van der Waals surface area contributed by atoms with Crippen molar-refractivity contribution in [2.45, 2.75) is 24.8 Å². The van der Waals surface area contributed by atoms with Crippen molar-refractivity contribution in [2.24, 2.45) is 5.73 Å². The molecule has 3 heteroatoms. The van der Waals surface area contributed by atoms with E-state index in [1.807, 2.05) is 0 Å². The van der Waals surface area contributed by atoms with Crippen LogP contribution in [-0.2, 0) is 9.47 Å². The summed E-state index contributed by atoms with van der Waals surface area (Å²) >= 11 is 0. The van der Waals surface area contributed by atoms with Gasteiger partial charge in [0.05, 0.1) is 19.8 Å². The normalized spacial score (nSPS) is 21.3. The van der Waals surface area contributed by atoms with Gasteiger partial charge in [-0.25, -0.2) is 0 Å². The van der Waals surface area contributed by atoms with Crippen molar-refractivity contribution in [2.75, 3.05) is 26.9 Å². The van der Waals surface area contributed by atoms with E-state index in [2.05, 4.69) is 0 Å². The minimum absolute atomic E-state index is 0.00621. The van der Waals surface area contributed by atoms with E-state index < -0.39 is 0 Å². The van der Waals surface area contributed by atoms with Crippen LogP contribution >= 0.6 is 0 Å². The van der Waals surface area contributed by atoms with Gasteiger partial charge in [-0.3, -0.25) is 0 Å². The number of hydrogen-bond acceptors (Lipinski definition) is 3. The monoisotopic (exact) mass is 159 g/mol. The molecule has 0 aromatic carbocycles. The highest BCUT2D eigenvalue weighted by molar-refractivity contribution is 4.92. The van der Waals surface area contributed by atoms with Gasteiger partial charge in [-0.2, -0.15) is 0 Å². The zero-order valence-electron chi connectivity index (χ0n) is 7.14. The first-order valence-corrected chi connectivity index (χ1v) is 4.12. The van der Waals surface area contributed by atoms with Crippen molar-refractivity contribution in [1.82, 2.24) is 0 Å². The summed E-state index contributed by atoms with van der Waals surface area (Å²) in [5.41, 5.74) is 5.91. The smallest absolute Gasteiger partial charge is 0.0701 e. The maximum Gasteiger partial charge on any atom is 0.0701 e. The van der Waals surface area contributed by atoms with Crippen LogP contribution in [0.25, 0.3) is 0 Å². The molecule has 0 aromatic rings. The quantitative estimate of drug-likeness (QED) is 0.595. The van der Waals surface area contributed by atoms with E-state index in [0.29, 0.717) is 19.8 Å². The third-order valence-corrected chi connectivity index (χ3v) is 2.17. The lowest BCUT2D eigenvalue weighted by Crippen LogP contribution is -2.50. The van der Waals surface area contributed by atoms with Gasteiger partial charge in [-0.05, 0) is 19.3 Å². The van der Waals surface area contributed by atoms with Crippen LogP contribution in [0, 0.1) is 0 Å². The summed E-state index contributed by atoms with van der Waals surface area (Å²) in [4.78, 5) is 0. The van der Waals surface area contributed by atoms with Crippen LogP contribution in [0.3, 0.4) is 0 Å². The predicted octanol–water partition coefficient (Wildman–Crippen LogP) is 0.531. The lowest BCUT2D eigenvalue weighted by Gasteiger charge is -2.37. The van der Waals surface area contributed by atoms with Crippen LogP contribution in [0.4, 0.5) is 0 Å². The van der Waals surface area contributed by atoms with Gasteiger partial charge in [0.1, 0.15) is 0 Å². The van der Waals surface area contributed by atoms with Crippen molar-refractivity contribution in [1.29, 1.82) is 0 Å². The molecule has 0 unspecified atom stereocenters. The van der Waals surface area contributed by atoms with E-state index in [-0.39, 0.29) is 5.54 Å². The highest BCUT2D eigenvalue weighted by Gasteiger charge is 2.32. The van der Waals surface area contributed by atoms with Crippen molar-refractivity contribution in [3.63, 3.8) is 0 Å². The number of hydrogen-bond donors (Lipinski definition) is 1. The summed E-state index contributed by atoms with van der Waals surface area (Å²) in [6.45, 7) is 2.02. The standard InChI is InChI=1S/C8H17NO2/c1-10-5-6-11-7-8(9)3-2-4-8/h2-7,9H2,1H3. The molecule has 1 rings (SSSR count). The molecule has 0 spiro atoms. The Morgan fingerprint density at radius 3 is 2.55 bits per heavy atom. The molecule has 11 heavy (non-hydrogen) atoms. The number of rotatable bonds is 5. The van der Waals surface area contributed by atoms with E-state index >= 15 is 0 Å². The Hall–Kier alpha value is -0.120. The second-order valence-electron chi connectivity index (χ2n) is 3.26. The van der Waals surface area contributed by atoms with Crippen LogP contribution in [0.2, 0.25) is 0 Å². The molecule has 1 fully saturated rings. The fourth-order valence-corrected chi connectivity index (χ4v) is 1.19. The zero-order valence-corrected chi connectivity index (χ0v) is 7.14. The first-order valence-electron chi connectivity index (χ1n) is 4.12. The minimum atomic E-state index is -0.00621. The first-order chi connectivity index (χ1) is 5.27. The van der Waals surface area contributed by atoms with Crippen LogP contribution in [0.15, 0.2) is 0 Å². The molecule has 0 amide bonds. The summed E-state index contributed by atoms with van der Waals surface area (Å²) in [6.07, 6.45) is 3.48. The molecule has 0 aliphatic heterocycles. The van der Waals surface area contributed by atoms with Gasteiger partial charge in [0, 0.05) is 12.6 Å². The fourth-order valence-electron chi connectivity index (χ4n) is 1.19. The van der Waals surface area contributed by atoms with Gasteiger partial charge >= 0.3 is 0 Å². The molecular formula is C8H17NO2. The summed E-state index contributed by atoms with van der Waals surface area (Å²) in [7, 11) is 1.67. The van der Waals surface area contributed by atoms with Gasteiger partial charge in [0.15, 0.2) is 0 Å². The first kappa shape index (κ1) is 8.97. The Bertz CT molecular complexity index is 113. The molecule has 0 aromatic heterocycles. The maximum absolute atomic E-state index is 5.92. The number of ether oxygens (including phenoxy) is 2. The Morgan fingerprint density at radius 2 is 2.09 bits per heavy atom. The summed E-state index contributed by atoms with van der Waals surface area (Å²) in [5.74, 6) is 0. The van der Waals surface area contributed by atoms with Crippen LogP contribution in [0.1, 0.15) is 19.3 Å². The Balaban J connectivity index is 1.94. The van der Waals surface area contributed by atoms with E-state index in [1.54, 1.807) is 7.11 Å². The number of methoxy groups -OCH3 is 1. The predicted molar refractivity (Wildman–Crippen MR) is 43.5 cm³/mol. The van der Waals surface area contributed by atoms with E-state index in [0.717, 1.165) is 12.8 Å². The summed E-state index contributed by atoms with van der Waals surface area (Å²) in [6, 6.07) is 0. The molecule has 3 nitrogen and oxygen atoms in total. The molecule has 2 N–H and O–H groups in total. The largest absolute Gasteiger partial charge is 0.382 e. The van der Waals surface area contributed by atoms with E-state index in [4.69, 9.17) is 15.2 Å². The molecule has 0 heterocycles. The average Bonchev–Trinajstić information content (AvgIpc) is 1.95. The number of nitrogens with two attached hydrogens (primary N) is 1. The van der Waals surface area contributed by atoms with Crippen LogP contribution in [-0.4, -0.2) is 32.5 Å². The van der Waals surface area contributed by atoms with Crippen LogP contribution < -0.4 is 5.73 Å². The van der Waals surface area contributed by atoms with Gasteiger partial charge in [0.25, 0.3) is 0 Å². The van der Waals surface area contributed by atoms with Gasteiger partial charge in [-0.1, -0.05) is 0 Å². The molecule has 66 valence electrons. The molecule has 0 radical (unpaired) electrons. The van der Waals surface area contributed by atoms with Gasteiger partial charge in [-0.15, -0.1) is 0 Å². The molecular weight excluding hydrogens is 142 g/mol. The Kier molecular flexibility index (Phi) is 3.30. The summed E-state index contributed by atoms with van der Waals surface area (Å²) < 4.78 is 10.2. The molecule has 0 bridgehead atoms. The van der Waals surface area contributed by atoms with E-state index in [9.17, 15) is 0 Å². The SMILES string of the molecule is COCCOCC1(N)CCC1. The average molecular weight is 159 g/mol. The van der Waals surface area contributed by atoms with Crippen molar-refractivity contribution >= 4 is 0 Å². The fraction of sp³-hybridized carbons (Fsp3) is 1.00. The zero-order chi connectivity index (χ0) is 8.16. The van der Waals surface area contributed by atoms with Gasteiger partial charge in [0.2, 0.25) is 0 Å². The lowest BCUT2D eigenvalue weighted by atomic mass is 9.78. The maximum atomic E-state index is 5.92. The van der Waals surface area contributed by atoms with Crippen molar-refractivity contribution in [3.8, 4) is 0 Å². The third kappa shape index (κ3) is 2.77. The minimum Gasteiger partial charge on any atom is -0.382 e. The van der Waals surface area contributed by atoms with Crippen molar-refractivity contribution < 1.29 is 9.47 Å². The molecule has 1 aliphatic rings. The second-order valence-corrected chi connectivity index (χ2v) is 3.26. The molecule has 1 aliphatic carbocycles. The lowest BCUT2D eigenvalue weighted by molar-refractivity contribution is 0.0212. The molecule has 0 atom stereocenters. The second kappa shape index (κ2) is 4.04. The molecule has 0 saturated heterocycles. The van der Waals surface area contributed by atoms with E-state index in [1.165, 1.54) is 6.42 Å². The topological polar surface area (TPSA) is 44.5 Å². The Labute approximate surface area is 67.9 Å². The summed E-state index contributed by atoms with van der Waals surface area (Å²) in [5, 5.41) is 0.